The van der Waals surface area contributed by atoms with Crippen LogP contribution in [0.15, 0.2) is 63.7 Å². The predicted octanol–water partition coefficient (Wildman–Crippen LogP) is 5.02. The maximum absolute atomic E-state index is 13.8. The molecule has 0 spiro atoms. The van der Waals surface area contributed by atoms with Gasteiger partial charge >= 0.3 is 7.12 Å². The van der Waals surface area contributed by atoms with E-state index in [1.807, 2.05) is 12.1 Å². The lowest BCUT2D eigenvalue weighted by molar-refractivity contribution is -0.384. The van der Waals surface area contributed by atoms with Gasteiger partial charge in [0.1, 0.15) is 5.75 Å². The van der Waals surface area contributed by atoms with Crippen molar-refractivity contribution in [3.63, 3.8) is 0 Å². The summed E-state index contributed by atoms with van der Waals surface area (Å²) < 4.78 is 6.83. The van der Waals surface area contributed by atoms with E-state index in [1.165, 1.54) is 24.3 Å². The van der Waals surface area contributed by atoms with Crippen LogP contribution in [0.4, 0.5) is 11.4 Å². The third-order valence-corrected chi connectivity index (χ3v) is 8.94. The number of nitro benzene ring substituents is 1. The Morgan fingerprint density at radius 1 is 1.19 bits per heavy atom. The first-order valence-corrected chi connectivity index (χ1v) is 14.9. The third-order valence-electron chi connectivity index (χ3n) is 8.45. The number of amides is 2. The van der Waals surface area contributed by atoms with E-state index in [1.54, 1.807) is 12.1 Å². The number of hydrogen-bond acceptors (Lipinski definition) is 8. The Labute approximate surface area is 252 Å². The number of aliphatic hydroxyl groups excluding tert-OH is 1. The molecule has 0 aromatic heterocycles. The Balaban J connectivity index is 1.44. The van der Waals surface area contributed by atoms with Gasteiger partial charge in [-0.25, -0.2) is 4.90 Å². The Kier molecular flexibility index (Phi) is 8.98. The summed E-state index contributed by atoms with van der Waals surface area (Å²) in [7, 11) is -1.16. The molecule has 10 nitrogen and oxygen atoms in total. The van der Waals surface area contributed by atoms with Gasteiger partial charge in [-0.1, -0.05) is 47.0 Å². The fraction of sp³-hybridized carbons (Fsp3) is 0.400. The van der Waals surface area contributed by atoms with Crippen LogP contribution in [0, 0.1) is 27.9 Å². The number of nitrogens with zero attached hydrogens (tertiary/aromatic N) is 2. The molecule has 42 heavy (non-hydrogen) atoms. The maximum atomic E-state index is 13.8. The van der Waals surface area contributed by atoms with E-state index in [9.17, 15) is 34.9 Å². The van der Waals surface area contributed by atoms with Gasteiger partial charge in [0.15, 0.2) is 0 Å². The summed E-state index contributed by atoms with van der Waals surface area (Å²) in [4.78, 5) is 39.1. The Morgan fingerprint density at radius 2 is 1.98 bits per heavy atom. The second-order valence-corrected chi connectivity index (χ2v) is 12.0. The first kappa shape index (κ1) is 30.2. The van der Waals surface area contributed by atoms with Crippen molar-refractivity contribution in [2.75, 3.05) is 11.5 Å². The molecule has 2 fully saturated rings. The summed E-state index contributed by atoms with van der Waals surface area (Å²) in [5.74, 6) is -2.80. The van der Waals surface area contributed by atoms with Gasteiger partial charge in [0.05, 0.1) is 35.2 Å². The molecule has 2 amide bonds. The maximum Gasteiger partial charge on any atom is 0.455 e. The zero-order valence-electron chi connectivity index (χ0n) is 23.1. The normalized spacial score (nSPS) is 24.2. The zero-order valence-corrected chi connectivity index (χ0v) is 24.7. The van der Waals surface area contributed by atoms with E-state index in [0.717, 1.165) is 33.4 Å². The minimum atomic E-state index is -1.16. The predicted molar refractivity (Wildman–Crippen MR) is 160 cm³/mol. The topological polar surface area (TPSA) is 150 Å². The molecule has 220 valence electrons. The second kappa shape index (κ2) is 12.5. The number of carbonyl (C=O) groups is 2. The number of allylic oxidation sites excluding steroid dienone is 1. The molecular weight excluding hydrogens is 607 g/mol. The van der Waals surface area contributed by atoms with Gasteiger partial charge in [-0.2, -0.15) is 0 Å². The number of halogens is 1. The molecule has 5 rings (SSSR count). The highest BCUT2D eigenvalue weighted by atomic mass is 79.9. The van der Waals surface area contributed by atoms with Crippen LogP contribution in [0.5, 0.6) is 5.75 Å². The third kappa shape index (κ3) is 5.81. The highest BCUT2D eigenvalue weighted by Gasteiger charge is 2.57. The van der Waals surface area contributed by atoms with Crippen LogP contribution < -0.4 is 4.90 Å². The lowest BCUT2D eigenvalue weighted by Crippen LogP contribution is -2.46. The molecule has 2 aliphatic heterocycles. The van der Waals surface area contributed by atoms with Crippen LogP contribution in [0.3, 0.4) is 0 Å². The number of rotatable bonds is 9. The van der Waals surface area contributed by atoms with E-state index < -0.39 is 47.7 Å². The summed E-state index contributed by atoms with van der Waals surface area (Å²) in [5.41, 5.74) is 3.05. The van der Waals surface area contributed by atoms with Crippen molar-refractivity contribution in [3.8, 4) is 5.75 Å². The molecule has 3 N–H and O–H groups in total. The average molecular weight is 639 g/mol. The largest absolute Gasteiger partial charge is 0.507 e. The van der Waals surface area contributed by atoms with Gasteiger partial charge in [-0.05, 0) is 73.3 Å². The standard InChI is InChI=1S/C30H32BBrN2O8/c1-2-4-17(11-18-12-20(32)8-9-25(18)36)7-10-26-27-19(16-35)13-23-28(24(27)15-31(39)42-26)30(38)33(29(23)37)21-5-3-6-22(14-21)34(40)41/h3,5-6,8-9,11-12,14,23-24,26,28,35-36,39H,2,4,7,10,13,15-16H2,1H3/b17-11+/t23-,24+,26-,28-/m1/s1. The van der Waals surface area contributed by atoms with Crippen LogP contribution in [-0.2, 0) is 14.2 Å². The molecule has 2 heterocycles. The molecular formula is C30H32BBrN2O8. The van der Waals surface area contributed by atoms with Crippen molar-refractivity contribution < 1.29 is 34.4 Å². The van der Waals surface area contributed by atoms with Crippen LogP contribution in [0.1, 0.15) is 44.6 Å². The van der Waals surface area contributed by atoms with Gasteiger partial charge in [0, 0.05) is 22.2 Å². The number of phenolic OH excluding ortho intramolecular Hbond substituents is 1. The van der Waals surface area contributed by atoms with Crippen molar-refractivity contribution in [2.24, 2.45) is 17.8 Å². The highest BCUT2D eigenvalue weighted by Crippen LogP contribution is 2.51. The van der Waals surface area contributed by atoms with Gasteiger partial charge in [-0.3, -0.25) is 19.7 Å². The number of aromatic hydroxyl groups is 1. The molecule has 0 bridgehead atoms. The number of anilines is 1. The second-order valence-electron chi connectivity index (χ2n) is 11.1. The van der Waals surface area contributed by atoms with Crippen LogP contribution in [0.2, 0.25) is 6.32 Å². The number of imide groups is 1. The molecule has 0 unspecified atom stereocenters. The fourth-order valence-corrected chi connectivity index (χ4v) is 7.06. The summed E-state index contributed by atoms with van der Waals surface area (Å²) in [5, 5.41) is 42.8. The summed E-state index contributed by atoms with van der Waals surface area (Å²) >= 11 is 3.44. The SMILES string of the molecule is CCC/C(=C\c1cc(Br)ccc1O)CC[C@H]1OB(O)C[C@H]2C1=C(CO)C[C@H]1C(=O)N(c3cccc([N+](=O)[O-])c3)C(=O)[C@H]12. The molecule has 2 aromatic rings. The lowest BCUT2D eigenvalue weighted by Gasteiger charge is -2.43. The van der Waals surface area contributed by atoms with E-state index in [-0.39, 0.29) is 36.5 Å². The summed E-state index contributed by atoms with van der Waals surface area (Å²) in [6.45, 7) is 1.75. The van der Waals surface area contributed by atoms with Gasteiger partial charge < -0.3 is 19.9 Å². The lowest BCUT2D eigenvalue weighted by atomic mass is 9.58. The van der Waals surface area contributed by atoms with Crippen molar-refractivity contribution in [3.05, 3.63) is 79.3 Å². The summed E-state index contributed by atoms with van der Waals surface area (Å²) in [6, 6.07) is 10.7. The van der Waals surface area contributed by atoms with Gasteiger partial charge in [0.2, 0.25) is 11.8 Å². The quantitative estimate of drug-likeness (QED) is 0.114. The number of benzene rings is 2. The molecule has 0 radical (unpaired) electrons. The highest BCUT2D eigenvalue weighted by molar-refractivity contribution is 9.10. The first-order chi connectivity index (χ1) is 20.1. The Bertz CT molecular complexity index is 1480. The van der Waals surface area contributed by atoms with E-state index >= 15 is 0 Å². The first-order valence-electron chi connectivity index (χ1n) is 14.1. The number of non-ortho nitro benzene ring substituents is 1. The molecule has 0 saturated carbocycles. The summed E-state index contributed by atoms with van der Waals surface area (Å²) in [6.07, 6.45) is 4.38. The Hall–Kier alpha value is -3.32. The number of aliphatic hydroxyl groups is 1. The molecule has 2 aromatic carbocycles. The number of fused-ring (bicyclic) bond motifs is 3. The number of nitro groups is 1. The van der Waals surface area contributed by atoms with Gasteiger partial charge in [0.25, 0.3) is 5.69 Å². The molecule has 4 atom stereocenters. The fourth-order valence-electron chi connectivity index (χ4n) is 6.68. The smallest absolute Gasteiger partial charge is 0.455 e. The van der Waals surface area contributed by atoms with Gasteiger partial charge in [-0.15, -0.1) is 0 Å². The van der Waals surface area contributed by atoms with Crippen molar-refractivity contribution in [1.82, 2.24) is 0 Å². The Morgan fingerprint density at radius 3 is 2.69 bits per heavy atom. The molecule has 2 saturated heterocycles. The van der Waals surface area contributed by atoms with E-state index in [4.69, 9.17) is 4.65 Å². The van der Waals surface area contributed by atoms with Crippen LogP contribution in [-0.4, -0.2) is 51.8 Å². The number of phenols is 1. The van der Waals surface area contributed by atoms with Crippen molar-refractivity contribution in [2.45, 2.75) is 51.5 Å². The molecule has 3 aliphatic rings. The number of hydrogen-bond donors (Lipinski definition) is 3. The number of carbonyl (C=O) groups excluding carboxylic acids is 2. The van der Waals surface area contributed by atoms with Crippen LogP contribution >= 0.6 is 15.9 Å². The van der Waals surface area contributed by atoms with Crippen molar-refractivity contribution in [1.29, 1.82) is 0 Å². The van der Waals surface area contributed by atoms with Crippen molar-refractivity contribution >= 4 is 52.3 Å². The van der Waals surface area contributed by atoms with Crippen LogP contribution in [0.25, 0.3) is 6.08 Å². The molecule has 1 aliphatic carbocycles. The van der Waals surface area contributed by atoms with E-state index in [2.05, 4.69) is 22.9 Å². The zero-order chi connectivity index (χ0) is 30.1. The van der Waals surface area contributed by atoms with E-state index in [0.29, 0.717) is 24.0 Å². The minimum absolute atomic E-state index is 0.0991. The minimum Gasteiger partial charge on any atom is -0.507 e. The monoisotopic (exact) mass is 638 g/mol. The average Bonchev–Trinajstić information content (AvgIpc) is 3.22. The molecule has 12 heteroatoms.